The molecule has 0 radical (unpaired) electrons. The lowest BCUT2D eigenvalue weighted by molar-refractivity contribution is -0.139. The number of ether oxygens (including phenoxy) is 3. The highest BCUT2D eigenvalue weighted by Crippen LogP contribution is 2.33. The van der Waals surface area contributed by atoms with Crippen LogP contribution in [0, 0.1) is 0 Å². The molecule has 0 saturated carbocycles. The number of thiophene rings is 1. The van der Waals surface area contributed by atoms with E-state index in [1.165, 1.54) is 22.7 Å². The smallest absolute Gasteiger partial charge is 0.338 e. The Morgan fingerprint density at radius 1 is 1.21 bits per heavy atom. The normalized spacial score (nSPS) is 15.8. The minimum absolute atomic E-state index is 0.208. The third kappa shape index (κ3) is 4.38. The quantitative estimate of drug-likeness (QED) is 0.481. The van der Waals surface area contributed by atoms with Crippen molar-refractivity contribution in [2.45, 2.75) is 26.8 Å². The van der Waals surface area contributed by atoms with Crippen LogP contribution in [0.1, 0.15) is 37.3 Å². The van der Waals surface area contributed by atoms with E-state index in [0.717, 1.165) is 10.4 Å². The summed E-state index contributed by atoms with van der Waals surface area (Å²) in [5, 5.41) is 1.93. The van der Waals surface area contributed by atoms with Crippen LogP contribution in [-0.4, -0.2) is 30.9 Å². The van der Waals surface area contributed by atoms with Gasteiger partial charge in [0.2, 0.25) is 0 Å². The molecule has 1 atom stereocenters. The molecule has 1 unspecified atom stereocenters. The van der Waals surface area contributed by atoms with Crippen molar-refractivity contribution in [3.63, 3.8) is 0 Å². The lowest BCUT2D eigenvalue weighted by Crippen LogP contribution is -2.39. The van der Waals surface area contributed by atoms with Crippen LogP contribution in [0.25, 0.3) is 6.08 Å². The van der Waals surface area contributed by atoms with E-state index in [-0.39, 0.29) is 12.2 Å². The fraction of sp³-hybridized carbons (Fsp3) is 0.292. The first-order valence-electron chi connectivity index (χ1n) is 10.5. The van der Waals surface area contributed by atoms with Gasteiger partial charge in [0.25, 0.3) is 5.56 Å². The molecule has 1 aliphatic rings. The van der Waals surface area contributed by atoms with Crippen molar-refractivity contribution in [3.05, 3.63) is 77.1 Å². The number of aromatic nitrogens is 1. The molecule has 172 valence electrons. The molecule has 1 aliphatic heterocycles. The number of benzene rings is 1. The molecule has 0 saturated heterocycles. The lowest BCUT2D eigenvalue weighted by Gasteiger charge is -2.23. The molecular formula is C24H24N2O5S2. The minimum atomic E-state index is -0.572. The Morgan fingerprint density at radius 2 is 2.03 bits per heavy atom. The van der Waals surface area contributed by atoms with Crippen molar-refractivity contribution >= 4 is 34.7 Å². The first-order valence-corrected chi connectivity index (χ1v) is 12.2. The van der Waals surface area contributed by atoms with Gasteiger partial charge in [0.15, 0.2) is 16.3 Å². The molecule has 0 amide bonds. The Balaban J connectivity index is 1.88. The average molecular weight is 485 g/mol. The number of rotatable bonds is 7. The largest absolute Gasteiger partial charge is 0.493 e. The molecule has 0 bridgehead atoms. The van der Waals surface area contributed by atoms with Crippen LogP contribution in [0.3, 0.4) is 0 Å². The molecule has 3 aromatic rings. The van der Waals surface area contributed by atoms with Crippen LogP contribution < -0.4 is 24.4 Å². The standard InChI is InChI=1S/C24H24N2O5S2/c1-5-30-17-12-15(9-10-16(17)29-4)13-19-22(27)26-21(18-8-7-11-32-18)20(23(28)31-6-2)14(3)25-24(26)33-19/h7-13,21H,5-6H2,1-4H3/b19-13+. The topological polar surface area (TPSA) is 79.1 Å². The van der Waals surface area contributed by atoms with E-state index in [9.17, 15) is 9.59 Å². The van der Waals surface area contributed by atoms with Crippen molar-refractivity contribution in [2.24, 2.45) is 4.99 Å². The second-order valence-electron chi connectivity index (χ2n) is 7.16. The maximum absolute atomic E-state index is 13.5. The second-order valence-corrected chi connectivity index (χ2v) is 9.15. The predicted molar refractivity (Wildman–Crippen MR) is 129 cm³/mol. The lowest BCUT2D eigenvalue weighted by atomic mass is 10.0. The molecule has 0 N–H and O–H groups in total. The summed E-state index contributed by atoms with van der Waals surface area (Å²) in [5.41, 5.74) is 1.54. The summed E-state index contributed by atoms with van der Waals surface area (Å²) in [4.78, 5) is 32.4. The van der Waals surface area contributed by atoms with Crippen LogP contribution in [0.4, 0.5) is 0 Å². The van der Waals surface area contributed by atoms with Crippen molar-refractivity contribution < 1.29 is 19.0 Å². The van der Waals surface area contributed by atoms with E-state index in [1.54, 1.807) is 31.6 Å². The van der Waals surface area contributed by atoms with E-state index in [0.29, 0.717) is 38.7 Å². The number of nitrogens with zero attached hydrogens (tertiary/aromatic N) is 2. The summed E-state index contributed by atoms with van der Waals surface area (Å²) in [6, 6.07) is 8.77. The van der Waals surface area contributed by atoms with Crippen molar-refractivity contribution in [1.82, 2.24) is 4.57 Å². The Kier molecular flexibility index (Phi) is 6.80. The SMILES string of the molecule is CCOC(=O)C1=C(C)N=c2s/c(=C/c3ccc(OC)c(OCC)c3)c(=O)n2C1c1cccs1. The van der Waals surface area contributed by atoms with Crippen molar-refractivity contribution in [1.29, 1.82) is 0 Å². The maximum Gasteiger partial charge on any atom is 0.338 e. The Morgan fingerprint density at radius 3 is 2.70 bits per heavy atom. The summed E-state index contributed by atoms with van der Waals surface area (Å²) in [6.45, 7) is 6.18. The number of carbonyl (C=O) groups excluding carboxylic acids is 1. The van der Waals surface area contributed by atoms with Gasteiger partial charge in [0.05, 0.1) is 36.1 Å². The zero-order valence-corrected chi connectivity index (χ0v) is 20.4. The molecule has 2 aromatic heterocycles. The summed E-state index contributed by atoms with van der Waals surface area (Å²) < 4.78 is 18.4. The fourth-order valence-electron chi connectivity index (χ4n) is 3.71. The van der Waals surface area contributed by atoms with Gasteiger partial charge < -0.3 is 14.2 Å². The summed E-state index contributed by atoms with van der Waals surface area (Å²) >= 11 is 2.78. The van der Waals surface area contributed by atoms with Crippen LogP contribution in [-0.2, 0) is 9.53 Å². The van der Waals surface area contributed by atoms with E-state index < -0.39 is 12.0 Å². The predicted octanol–water partition coefficient (Wildman–Crippen LogP) is 3.27. The van der Waals surface area contributed by atoms with Gasteiger partial charge in [0.1, 0.15) is 6.04 Å². The van der Waals surface area contributed by atoms with Gasteiger partial charge in [0, 0.05) is 4.88 Å². The average Bonchev–Trinajstić information content (AvgIpc) is 3.42. The van der Waals surface area contributed by atoms with E-state index in [2.05, 4.69) is 4.99 Å². The molecule has 0 aliphatic carbocycles. The molecule has 7 nitrogen and oxygen atoms in total. The third-order valence-electron chi connectivity index (χ3n) is 5.11. The van der Waals surface area contributed by atoms with Crippen LogP contribution in [0.5, 0.6) is 11.5 Å². The van der Waals surface area contributed by atoms with Crippen LogP contribution in [0.2, 0.25) is 0 Å². The molecule has 0 spiro atoms. The first kappa shape index (κ1) is 23.0. The molecule has 0 fully saturated rings. The number of allylic oxidation sites excluding steroid dienone is 1. The number of esters is 1. The monoisotopic (exact) mass is 484 g/mol. The number of hydrogen-bond donors (Lipinski definition) is 0. The number of thiazole rings is 1. The Hall–Kier alpha value is -3.17. The van der Waals surface area contributed by atoms with E-state index >= 15 is 0 Å². The number of carbonyl (C=O) groups is 1. The summed E-state index contributed by atoms with van der Waals surface area (Å²) in [7, 11) is 1.59. The Labute approximate surface area is 198 Å². The van der Waals surface area contributed by atoms with Crippen molar-refractivity contribution in [3.8, 4) is 11.5 Å². The van der Waals surface area contributed by atoms with Gasteiger partial charge in [-0.15, -0.1) is 11.3 Å². The second kappa shape index (κ2) is 9.76. The molecule has 1 aromatic carbocycles. The van der Waals surface area contributed by atoms with Gasteiger partial charge >= 0.3 is 5.97 Å². The highest BCUT2D eigenvalue weighted by atomic mass is 32.1. The molecular weight excluding hydrogens is 460 g/mol. The van der Waals surface area contributed by atoms with Crippen molar-refractivity contribution in [2.75, 3.05) is 20.3 Å². The molecule has 4 rings (SSSR count). The fourth-order valence-corrected chi connectivity index (χ4v) is 5.58. The number of fused-ring (bicyclic) bond motifs is 1. The third-order valence-corrected chi connectivity index (χ3v) is 7.02. The van der Waals surface area contributed by atoms with Gasteiger partial charge in [-0.1, -0.05) is 23.5 Å². The molecule has 9 heteroatoms. The number of methoxy groups -OCH3 is 1. The van der Waals surface area contributed by atoms with E-state index in [4.69, 9.17) is 14.2 Å². The number of hydrogen-bond acceptors (Lipinski definition) is 8. The maximum atomic E-state index is 13.5. The molecule has 33 heavy (non-hydrogen) atoms. The van der Waals surface area contributed by atoms with E-state index in [1.807, 2.05) is 42.6 Å². The minimum Gasteiger partial charge on any atom is -0.493 e. The zero-order chi connectivity index (χ0) is 23.5. The van der Waals surface area contributed by atoms with Gasteiger partial charge in [-0.05, 0) is 56.0 Å². The first-order chi connectivity index (χ1) is 16.0. The van der Waals surface area contributed by atoms with Crippen LogP contribution in [0.15, 0.2) is 56.8 Å². The zero-order valence-electron chi connectivity index (χ0n) is 18.8. The van der Waals surface area contributed by atoms with Gasteiger partial charge in [-0.25, -0.2) is 9.79 Å². The Bertz CT molecular complexity index is 1380. The molecule has 3 heterocycles. The van der Waals surface area contributed by atoms with Gasteiger partial charge in [-0.2, -0.15) is 0 Å². The highest BCUT2D eigenvalue weighted by molar-refractivity contribution is 7.10. The summed E-state index contributed by atoms with van der Waals surface area (Å²) in [5.74, 6) is 0.782. The van der Waals surface area contributed by atoms with Crippen LogP contribution >= 0.6 is 22.7 Å². The highest BCUT2D eigenvalue weighted by Gasteiger charge is 2.33. The van der Waals surface area contributed by atoms with Gasteiger partial charge in [-0.3, -0.25) is 9.36 Å². The summed E-state index contributed by atoms with van der Waals surface area (Å²) in [6.07, 6.45) is 1.81.